The Morgan fingerprint density at radius 1 is 1.32 bits per heavy atom. The number of anilines is 1. The molecule has 2 heterocycles. The Bertz CT molecular complexity index is 715. The predicted octanol–water partition coefficient (Wildman–Crippen LogP) is 3.49. The third kappa shape index (κ3) is 2.22. The summed E-state index contributed by atoms with van der Waals surface area (Å²) in [7, 11) is 0. The lowest BCUT2D eigenvalue weighted by Gasteiger charge is -1.97. The number of hydrogen-bond acceptors (Lipinski definition) is 5. The van der Waals surface area contributed by atoms with Crippen molar-refractivity contribution in [3.63, 3.8) is 0 Å². The molecule has 0 saturated heterocycles. The van der Waals surface area contributed by atoms with Crippen molar-refractivity contribution < 1.29 is 8.91 Å². The zero-order valence-corrected chi connectivity index (χ0v) is 10.9. The highest BCUT2D eigenvalue weighted by molar-refractivity contribution is 7.14. The minimum atomic E-state index is -0.322. The molecule has 0 unspecified atom stereocenters. The molecule has 6 heteroatoms. The Morgan fingerprint density at radius 2 is 2.16 bits per heavy atom. The quantitative estimate of drug-likeness (QED) is 0.777. The number of thiophene rings is 1. The van der Waals surface area contributed by atoms with E-state index in [-0.39, 0.29) is 5.82 Å². The Labute approximate surface area is 112 Å². The van der Waals surface area contributed by atoms with Crippen LogP contribution in [0.4, 0.5) is 10.1 Å². The van der Waals surface area contributed by atoms with Gasteiger partial charge in [-0.3, -0.25) is 0 Å². The third-order valence-electron chi connectivity index (χ3n) is 2.62. The lowest BCUT2D eigenvalue weighted by molar-refractivity contribution is 0.433. The van der Waals surface area contributed by atoms with Gasteiger partial charge < -0.3 is 10.3 Å². The van der Waals surface area contributed by atoms with Crippen LogP contribution >= 0.6 is 11.3 Å². The summed E-state index contributed by atoms with van der Waals surface area (Å²) in [5, 5.41) is 5.71. The molecule has 0 radical (unpaired) electrons. The standard InChI is InChI=1S/C13H10FN3OS/c1-7-4-8(6-9(14)5-7)12-16-13(18-17-12)11-10(15)2-3-19-11/h2-6H,15H2,1H3. The summed E-state index contributed by atoms with van der Waals surface area (Å²) in [5.74, 6) is 0.381. The summed E-state index contributed by atoms with van der Waals surface area (Å²) in [5.41, 5.74) is 7.77. The van der Waals surface area contributed by atoms with E-state index < -0.39 is 0 Å². The van der Waals surface area contributed by atoms with Gasteiger partial charge in [0.2, 0.25) is 5.82 Å². The minimum absolute atomic E-state index is 0.322. The Kier molecular flexibility index (Phi) is 2.79. The van der Waals surface area contributed by atoms with Gasteiger partial charge in [0.05, 0.1) is 5.69 Å². The molecule has 0 aliphatic rings. The number of hydrogen-bond donors (Lipinski definition) is 1. The number of halogens is 1. The molecule has 2 N–H and O–H groups in total. The van der Waals surface area contributed by atoms with Crippen LogP contribution in [0.25, 0.3) is 22.2 Å². The van der Waals surface area contributed by atoms with Crippen LogP contribution in [0.3, 0.4) is 0 Å². The van der Waals surface area contributed by atoms with Gasteiger partial charge in [-0.25, -0.2) is 4.39 Å². The van der Waals surface area contributed by atoms with Crippen molar-refractivity contribution >= 4 is 17.0 Å². The van der Waals surface area contributed by atoms with Crippen LogP contribution in [0.15, 0.2) is 34.2 Å². The molecule has 0 atom stereocenters. The lowest BCUT2D eigenvalue weighted by atomic mass is 10.1. The van der Waals surface area contributed by atoms with Crippen LogP contribution in [0, 0.1) is 12.7 Å². The van der Waals surface area contributed by atoms with Gasteiger partial charge >= 0.3 is 0 Å². The second-order valence-corrected chi connectivity index (χ2v) is 5.06. The zero-order valence-electron chi connectivity index (χ0n) is 10.1. The van der Waals surface area contributed by atoms with E-state index in [0.29, 0.717) is 23.0 Å². The summed E-state index contributed by atoms with van der Waals surface area (Å²) in [4.78, 5) is 4.98. The van der Waals surface area contributed by atoms with E-state index in [1.54, 1.807) is 12.1 Å². The molecule has 3 aromatic rings. The lowest BCUT2D eigenvalue weighted by Crippen LogP contribution is -1.86. The van der Waals surface area contributed by atoms with Gasteiger partial charge in [0.1, 0.15) is 10.7 Å². The van der Waals surface area contributed by atoms with Crippen molar-refractivity contribution in [1.82, 2.24) is 10.1 Å². The SMILES string of the molecule is Cc1cc(F)cc(-c2noc(-c3sccc3N)n2)c1. The van der Waals surface area contributed by atoms with Gasteiger partial charge in [-0.05, 0) is 42.1 Å². The van der Waals surface area contributed by atoms with Gasteiger partial charge in [-0.1, -0.05) is 5.16 Å². The summed E-state index contributed by atoms with van der Waals surface area (Å²) in [6.07, 6.45) is 0. The number of aryl methyl sites for hydroxylation is 1. The molecule has 0 amide bonds. The van der Waals surface area contributed by atoms with Gasteiger partial charge in [0.15, 0.2) is 0 Å². The van der Waals surface area contributed by atoms with Crippen molar-refractivity contribution in [2.45, 2.75) is 6.92 Å². The maximum absolute atomic E-state index is 13.4. The Hall–Kier alpha value is -2.21. The van der Waals surface area contributed by atoms with Crippen LogP contribution in [-0.4, -0.2) is 10.1 Å². The third-order valence-corrected chi connectivity index (χ3v) is 3.53. The van der Waals surface area contributed by atoms with Crippen LogP contribution in [0.5, 0.6) is 0 Å². The number of nitrogen functional groups attached to an aromatic ring is 1. The fourth-order valence-corrected chi connectivity index (χ4v) is 2.53. The molecule has 0 aliphatic carbocycles. The molecule has 0 saturated carbocycles. The van der Waals surface area contributed by atoms with E-state index in [1.165, 1.54) is 23.5 Å². The maximum Gasteiger partial charge on any atom is 0.270 e. The summed E-state index contributed by atoms with van der Waals surface area (Å²) in [6.45, 7) is 1.81. The number of benzene rings is 1. The maximum atomic E-state index is 13.4. The number of nitrogens with two attached hydrogens (primary N) is 1. The van der Waals surface area contributed by atoms with Crippen molar-refractivity contribution in [2.24, 2.45) is 0 Å². The first kappa shape index (κ1) is 11.9. The van der Waals surface area contributed by atoms with Crippen molar-refractivity contribution in [2.75, 3.05) is 5.73 Å². The number of rotatable bonds is 2. The minimum Gasteiger partial charge on any atom is -0.397 e. The molecular weight excluding hydrogens is 265 g/mol. The molecule has 0 aliphatic heterocycles. The molecule has 3 rings (SSSR count). The van der Waals surface area contributed by atoms with E-state index in [2.05, 4.69) is 10.1 Å². The highest BCUT2D eigenvalue weighted by Crippen LogP contribution is 2.31. The number of nitrogens with zero attached hydrogens (tertiary/aromatic N) is 2. The van der Waals surface area contributed by atoms with Crippen LogP contribution in [-0.2, 0) is 0 Å². The number of aromatic nitrogens is 2. The average Bonchev–Trinajstić information content (AvgIpc) is 2.95. The van der Waals surface area contributed by atoms with Crippen LogP contribution < -0.4 is 5.73 Å². The zero-order chi connectivity index (χ0) is 13.4. The molecule has 0 spiro atoms. The predicted molar refractivity (Wildman–Crippen MR) is 72.2 cm³/mol. The van der Waals surface area contributed by atoms with Crippen LogP contribution in [0.2, 0.25) is 0 Å². The molecule has 2 aromatic heterocycles. The highest BCUT2D eigenvalue weighted by atomic mass is 32.1. The molecule has 19 heavy (non-hydrogen) atoms. The van der Waals surface area contributed by atoms with Crippen molar-refractivity contribution in [3.8, 4) is 22.2 Å². The van der Waals surface area contributed by atoms with E-state index >= 15 is 0 Å². The second kappa shape index (κ2) is 4.47. The Morgan fingerprint density at radius 3 is 2.84 bits per heavy atom. The molecule has 4 nitrogen and oxygen atoms in total. The normalized spacial score (nSPS) is 10.8. The average molecular weight is 275 g/mol. The molecular formula is C13H10FN3OS. The molecule has 1 aromatic carbocycles. The smallest absolute Gasteiger partial charge is 0.270 e. The molecule has 0 bridgehead atoms. The largest absolute Gasteiger partial charge is 0.397 e. The van der Waals surface area contributed by atoms with Crippen LogP contribution in [0.1, 0.15) is 5.56 Å². The van der Waals surface area contributed by atoms with Gasteiger partial charge in [0.25, 0.3) is 5.89 Å². The van der Waals surface area contributed by atoms with E-state index in [4.69, 9.17) is 10.3 Å². The first-order chi connectivity index (χ1) is 9.13. The first-order valence-electron chi connectivity index (χ1n) is 5.58. The van der Waals surface area contributed by atoms with E-state index in [9.17, 15) is 4.39 Å². The second-order valence-electron chi connectivity index (χ2n) is 4.15. The monoisotopic (exact) mass is 275 g/mol. The summed E-state index contributed by atoms with van der Waals surface area (Å²) >= 11 is 1.42. The fourth-order valence-electron chi connectivity index (χ4n) is 1.79. The topological polar surface area (TPSA) is 64.9 Å². The van der Waals surface area contributed by atoms with E-state index in [0.717, 1.165) is 10.4 Å². The molecule has 0 fully saturated rings. The first-order valence-corrected chi connectivity index (χ1v) is 6.46. The fraction of sp³-hybridized carbons (Fsp3) is 0.0769. The van der Waals surface area contributed by atoms with Gasteiger partial charge in [0, 0.05) is 5.56 Å². The van der Waals surface area contributed by atoms with E-state index in [1.807, 2.05) is 12.3 Å². The van der Waals surface area contributed by atoms with Crippen molar-refractivity contribution in [3.05, 3.63) is 41.0 Å². The highest BCUT2D eigenvalue weighted by Gasteiger charge is 2.14. The Balaban J connectivity index is 2.04. The van der Waals surface area contributed by atoms with Gasteiger partial charge in [-0.15, -0.1) is 11.3 Å². The van der Waals surface area contributed by atoms with Crippen molar-refractivity contribution in [1.29, 1.82) is 0 Å². The van der Waals surface area contributed by atoms with Gasteiger partial charge in [-0.2, -0.15) is 4.98 Å². The molecule has 96 valence electrons. The summed E-state index contributed by atoms with van der Waals surface area (Å²) in [6, 6.07) is 6.40. The summed E-state index contributed by atoms with van der Waals surface area (Å²) < 4.78 is 18.5.